The Kier molecular flexibility index (Phi) is 4.58. The van der Waals surface area contributed by atoms with Crippen LogP contribution in [0.4, 0.5) is 0 Å². The van der Waals surface area contributed by atoms with Gasteiger partial charge in [-0.1, -0.05) is 54.1 Å². The van der Waals surface area contributed by atoms with Gasteiger partial charge in [0.15, 0.2) is 0 Å². The van der Waals surface area contributed by atoms with Gasteiger partial charge in [0.2, 0.25) is 10.0 Å². The summed E-state index contributed by atoms with van der Waals surface area (Å²) in [5.41, 5.74) is 2.69. The highest BCUT2D eigenvalue weighted by molar-refractivity contribution is 7.92. The lowest BCUT2D eigenvalue weighted by Gasteiger charge is -2.23. The molecular formula is C19H21NO3S. The quantitative estimate of drug-likeness (QED) is 0.877. The number of hydrogen-bond acceptors (Lipinski definition) is 3. The molecule has 0 amide bonds. The van der Waals surface area contributed by atoms with Crippen molar-refractivity contribution < 1.29 is 13.5 Å². The summed E-state index contributed by atoms with van der Waals surface area (Å²) in [6.07, 6.45) is 2.83. The summed E-state index contributed by atoms with van der Waals surface area (Å²) in [6, 6.07) is 15.2. The molecule has 0 unspecified atom stereocenters. The molecule has 0 fully saturated rings. The first-order valence-electron chi connectivity index (χ1n) is 7.93. The van der Waals surface area contributed by atoms with Crippen molar-refractivity contribution >= 4 is 16.1 Å². The summed E-state index contributed by atoms with van der Waals surface area (Å²) in [5, 5.41) is 11.9. The predicted octanol–water partition coefficient (Wildman–Crippen LogP) is 2.72. The smallest absolute Gasteiger partial charge is 0.233 e. The molecule has 0 aromatic heterocycles. The van der Waals surface area contributed by atoms with Crippen molar-refractivity contribution in [3.05, 3.63) is 76.2 Å². The van der Waals surface area contributed by atoms with E-state index >= 15 is 0 Å². The van der Waals surface area contributed by atoms with E-state index in [0.717, 1.165) is 34.1 Å². The van der Waals surface area contributed by atoms with E-state index in [9.17, 15) is 13.5 Å². The first-order valence-corrected chi connectivity index (χ1v) is 9.48. The third-order valence-corrected chi connectivity index (χ3v) is 5.45. The first-order chi connectivity index (χ1) is 11.4. The lowest BCUT2D eigenvalue weighted by atomic mass is 9.96. The summed E-state index contributed by atoms with van der Waals surface area (Å²) in [5.74, 6) is 0. The highest BCUT2D eigenvalue weighted by Crippen LogP contribution is 2.36. The molecule has 24 heavy (non-hydrogen) atoms. The Morgan fingerprint density at radius 3 is 2.62 bits per heavy atom. The van der Waals surface area contributed by atoms with Gasteiger partial charge in [-0.2, -0.15) is 0 Å². The maximum atomic E-state index is 12.2. The predicted molar refractivity (Wildman–Crippen MR) is 95.8 cm³/mol. The Balaban J connectivity index is 1.68. The fourth-order valence-electron chi connectivity index (χ4n) is 2.97. The number of fused-ring (bicyclic) bond motifs is 1. The normalized spacial score (nSPS) is 20.4. The summed E-state index contributed by atoms with van der Waals surface area (Å²) in [4.78, 5) is 0. The van der Waals surface area contributed by atoms with Crippen LogP contribution in [0.25, 0.3) is 6.08 Å². The summed E-state index contributed by atoms with van der Waals surface area (Å²) in [7, 11) is -3.61. The van der Waals surface area contributed by atoms with Gasteiger partial charge in [0.1, 0.15) is 5.60 Å². The molecule has 0 heterocycles. The molecule has 3 rings (SSSR count). The van der Waals surface area contributed by atoms with Gasteiger partial charge in [-0.25, -0.2) is 13.1 Å². The highest BCUT2D eigenvalue weighted by atomic mass is 32.2. The molecule has 1 atom stereocenters. The topological polar surface area (TPSA) is 66.4 Å². The van der Waals surface area contributed by atoms with E-state index in [-0.39, 0.29) is 6.54 Å². The van der Waals surface area contributed by atoms with E-state index in [1.807, 2.05) is 55.5 Å². The van der Waals surface area contributed by atoms with Crippen molar-refractivity contribution in [2.45, 2.75) is 25.4 Å². The number of aryl methyl sites for hydroxylation is 2. The second kappa shape index (κ2) is 6.51. The molecule has 0 aliphatic heterocycles. The molecule has 1 aliphatic carbocycles. The Labute approximate surface area is 142 Å². The van der Waals surface area contributed by atoms with Crippen molar-refractivity contribution in [3.8, 4) is 0 Å². The van der Waals surface area contributed by atoms with E-state index < -0.39 is 15.6 Å². The Morgan fingerprint density at radius 2 is 1.88 bits per heavy atom. The van der Waals surface area contributed by atoms with Crippen molar-refractivity contribution in [2.24, 2.45) is 0 Å². The SMILES string of the molecule is Cc1ccc(/C=C/S(=O)(=O)NC[C@]2(O)CCc3ccccc32)cc1. The lowest BCUT2D eigenvalue weighted by molar-refractivity contribution is 0.0443. The third-order valence-electron chi connectivity index (χ3n) is 4.41. The molecule has 0 saturated heterocycles. The standard InChI is InChI=1S/C19H21NO3S/c1-15-6-8-16(9-7-15)11-13-24(22,23)20-14-19(21)12-10-17-4-2-3-5-18(17)19/h2-9,11,13,20-21H,10,12,14H2,1H3/b13-11+/t19-/m1/s1. The zero-order chi connectivity index (χ0) is 17.2. The van der Waals surface area contributed by atoms with Crippen LogP contribution in [-0.2, 0) is 22.0 Å². The number of sulfonamides is 1. The second-order valence-corrected chi connectivity index (χ2v) is 7.92. The fourth-order valence-corrected chi connectivity index (χ4v) is 3.84. The molecule has 2 aromatic carbocycles. The van der Waals surface area contributed by atoms with Gasteiger partial charge in [-0.15, -0.1) is 0 Å². The molecule has 2 aromatic rings. The largest absolute Gasteiger partial charge is 0.384 e. The maximum absolute atomic E-state index is 12.2. The molecule has 0 bridgehead atoms. The van der Waals surface area contributed by atoms with Gasteiger partial charge >= 0.3 is 0 Å². The summed E-state index contributed by atoms with van der Waals surface area (Å²) < 4.78 is 26.8. The van der Waals surface area contributed by atoms with Gasteiger partial charge in [0, 0.05) is 12.0 Å². The molecule has 0 radical (unpaired) electrons. The van der Waals surface area contributed by atoms with Crippen molar-refractivity contribution in [1.29, 1.82) is 0 Å². The van der Waals surface area contributed by atoms with E-state index in [2.05, 4.69) is 4.72 Å². The van der Waals surface area contributed by atoms with Crippen LogP contribution >= 0.6 is 0 Å². The molecule has 5 heteroatoms. The minimum absolute atomic E-state index is 0.0232. The molecule has 0 spiro atoms. The number of aliphatic hydroxyl groups is 1. The van der Waals surface area contributed by atoms with Crippen molar-refractivity contribution in [3.63, 3.8) is 0 Å². The van der Waals surface area contributed by atoms with Crippen LogP contribution in [-0.4, -0.2) is 20.1 Å². The Bertz CT molecular complexity index is 856. The third kappa shape index (κ3) is 3.75. The van der Waals surface area contributed by atoms with E-state index in [0.29, 0.717) is 6.42 Å². The summed E-state index contributed by atoms with van der Waals surface area (Å²) >= 11 is 0. The van der Waals surface area contributed by atoms with Crippen LogP contribution < -0.4 is 4.72 Å². The van der Waals surface area contributed by atoms with Crippen molar-refractivity contribution in [1.82, 2.24) is 4.72 Å². The highest BCUT2D eigenvalue weighted by Gasteiger charge is 2.36. The zero-order valence-electron chi connectivity index (χ0n) is 13.6. The fraction of sp³-hybridized carbons (Fsp3) is 0.263. The van der Waals surface area contributed by atoms with Crippen LogP contribution in [0.15, 0.2) is 53.9 Å². The van der Waals surface area contributed by atoms with Crippen LogP contribution in [0, 0.1) is 6.92 Å². The van der Waals surface area contributed by atoms with Crippen molar-refractivity contribution in [2.75, 3.05) is 6.54 Å². The molecule has 0 saturated carbocycles. The Morgan fingerprint density at radius 1 is 1.17 bits per heavy atom. The van der Waals surface area contributed by atoms with E-state index in [1.165, 1.54) is 0 Å². The number of benzene rings is 2. The van der Waals surface area contributed by atoms with Gasteiger partial charge in [-0.3, -0.25) is 0 Å². The van der Waals surface area contributed by atoms with Gasteiger partial charge < -0.3 is 5.11 Å². The molecule has 2 N–H and O–H groups in total. The van der Waals surface area contributed by atoms with Crippen LogP contribution in [0.5, 0.6) is 0 Å². The second-order valence-electron chi connectivity index (χ2n) is 6.27. The minimum Gasteiger partial charge on any atom is -0.384 e. The molecular weight excluding hydrogens is 322 g/mol. The van der Waals surface area contributed by atoms with Gasteiger partial charge in [0.05, 0.1) is 0 Å². The monoisotopic (exact) mass is 343 g/mol. The first kappa shape index (κ1) is 16.9. The lowest BCUT2D eigenvalue weighted by Crippen LogP contribution is -2.38. The average Bonchev–Trinajstić information content (AvgIpc) is 2.91. The van der Waals surface area contributed by atoms with Gasteiger partial charge in [0.25, 0.3) is 0 Å². The molecule has 126 valence electrons. The van der Waals surface area contributed by atoms with Crippen LogP contribution in [0.2, 0.25) is 0 Å². The minimum atomic E-state index is -3.61. The number of rotatable bonds is 5. The number of hydrogen-bond donors (Lipinski definition) is 2. The number of nitrogens with one attached hydrogen (secondary N) is 1. The average molecular weight is 343 g/mol. The Hall–Kier alpha value is -1.95. The van der Waals surface area contributed by atoms with E-state index in [4.69, 9.17) is 0 Å². The van der Waals surface area contributed by atoms with Crippen LogP contribution in [0.1, 0.15) is 28.7 Å². The summed E-state index contributed by atoms with van der Waals surface area (Å²) in [6.45, 7) is 1.95. The molecule has 4 nitrogen and oxygen atoms in total. The maximum Gasteiger partial charge on any atom is 0.233 e. The van der Waals surface area contributed by atoms with Gasteiger partial charge in [-0.05, 0) is 42.5 Å². The van der Waals surface area contributed by atoms with E-state index in [1.54, 1.807) is 6.08 Å². The zero-order valence-corrected chi connectivity index (χ0v) is 14.4. The van der Waals surface area contributed by atoms with Crippen LogP contribution in [0.3, 0.4) is 0 Å². The molecule has 1 aliphatic rings.